The lowest BCUT2D eigenvalue weighted by Crippen LogP contribution is -2.30. The normalized spacial score (nSPS) is 17.2. The lowest BCUT2D eigenvalue weighted by Gasteiger charge is -2.35. The average molecular weight is 505 g/mol. The largest absolute Gasteiger partial charge is 0.504 e. The summed E-state index contributed by atoms with van der Waals surface area (Å²) in [4.78, 5) is 13.6. The van der Waals surface area contributed by atoms with E-state index in [9.17, 15) is 15.0 Å². The van der Waals surface area contributed by atoms with Crippen molar-refractivity contribution in [2.45, 2.75) is 72.5 Å². The summed E-state index contributed by atoms with van der Waals surface area (Å²) in [6, 6.07) is 3.26. The van der Waals surface area contributed by atoms with E-state index in [1.165, 1.54) is 6.07 Å². The molecule has 37 heavy (non-hydrogen) atoms. The van der Waals surface area contributed by atoms with Gasteiger partial charge in [0, 0.05) is 11.1 Å². The van der Waals surface area contributed by atoms with Crippen molar-refractivity contribution in [3.05, 3.63) is 69.3 Å². The van der Waals surface area contributed by atoms with Crippen LogP contribution < -0.4 is 14.2 Å². The lowest BCUT2D eigenvalue weighted by atomic mass is 9.87. The fourth-order valence-electron chi connectivity index (χ4n) is 4.70. The van der Waals surface area contributed by atoms with Gasteiger partial charge in [-0.25, -0.2) is 0 Å². The van der Waals surface area contributed by atoms with Crippen LogP contribution in [0.3, 0.4) is 0 Å². The summed E-state index contributed by atoms with van der Waals surface area (Å²) in [6.45, 7) is 12.0. The molecule has 0 unspecified atom stereocenters. The Hall–Kier alpha value is -3.67. The third-order valence-corrected chi connectivity index (χ3v) is 6.63. The van der Waals surface area contributed by atoms with E-state index in [1.807, 2.05) is 59.8 Å². The molecular weight excluding hydrogens is 468 g/mol. The number of methoxy groups -OCH3 is 1. The molecule has 1 atom stereocenters. The predicted octanol–water partition coefficient (Wildman–Crippen LogP) is 7.01. The summed E-state index contributed by atoms with van der Waals surface area (Å²) < 4.78 is 18.7. The van der Waals surface area contributed by atoms with Crippen molar-refractivity contribution >= 4 is 11.9 Å². The number of rotatable bonds is 6. The number of carbonyl (C=O) groups is 1. The fourth-order valence-corrected chi connectivity index (χ4v) is 4.70. The molecule has 2 heterocycles. The summed E-state index contributed by atoms with van der Waals surface area (Å²) >= 11 is 0. The van der Waals surface area contributed by atoms with Crippen molar-refractivity contribution in [1.82, 2.24) is 0 Å². The number of ether oxygens (including phenoxy) is 3. The van der Waals surface area contributed by atoms with E-state index in [0.717, 1.165) is 16.7 Å². The Morgan fingerprint density at radius 3 is 2.41 bits per heavy atom. The van der Waals surface area contributed by atoms with E-state index >= 15 is 0 Å². The molecule has 6 heteroatoms. The number of hydrogen-bond donors (Lipinski definition) is 2. The van der Waals surface area contributed by atoms with E-state index < -0.39 is 11.7 Å². The van der Waals surface area contributed by atoms with E-state index in [4.69, 9.17) is 14.2 Å². The van der Waals surface area contributed by atoms with Crippen LogP contribution in [0.15, 0.2) is 41.5 Å². The van der Waals surface area contributed by atoms with Gasteiger partial charge in [0.1, 0.15) is 34.5 Å². The minimum absolute atomic E-state index is 0.0760. The molecule has 0 radical (unpaired) electrons. The van der Waals surface area contributed by atoms with E-state index in [1.54, 1.807) is 13.2 Å². The van der Waals surface area contributed by atoms with Gasteiger partial charge in [-0.15, -0.1) is 0 Å². The van der Waals surface area contributed by atoms with Crippen LogP contribution in [-0.4, -0.2) is 28.7 Å². The number of fused-ring (bicyclic) bond motifs is 3. The summed E-state index contributed by atoms with van der Waals surface area (Å²) in [7, 11) is 1.56. The molecule has 2 aromatic rings. The van der Waals surface area contributed by atoms with Crippen LogP contribution >= 0.6 is 0 Å². The number of hydrogen-bond acceptors (Lipinski definition) is 6. The molecule has 2 N–H and O–H groups in total. The first-order chi connectivity index (χ1) is 17.4. The first kappa shape index (κ1) is 26.4. The molecule has 0 aromatic heterocycles. The zero-order chi connectivity index (χ0) is 27.1. The number of phenols is 2. The molecule has 0 bridgehead atoms. The van der Waals surface area contributed by atoms with Gasteiger partial charge in [0.15, 0.2) is 17.3 Å². The number of ketones is 1. The third kappa shape index (κ3) is 5.24. The lowest BCUT2D eigenvalue weighted by molar-refractivity contribution is 0.0839. The van der Waals surface area contributed by atoms with E-state index in [2.05, 4.69) is 6.08 Å². The van der Waals surface area contributed by atoms with Crippen molar-refractivity contribution in [3.63, 3.8) is 0 Å². The number of allylic oxidation sites excluding steroid dienone is 4. The Morgan fingerprint density at radius 2 is 1.76 bits per heavy atom. The van der Waals surface area contributed by atoms with Gasteiger partial charge in [0.05, 0.1) is 19.1 Å². The highest BCUT2D eigenvalue weighted by Crippen LogP contribution is 2.52. The smallest absolute Gasteiger partial charge is 0.174 e. The zero-order valence-corrected chi connectivity index (χ0v) is 22.7. The van der Waals surface area contributed by atoms with Gasteiger partial charge in [-0.3, -0.25) is 4.79 Å². The van der Waals surface area contributed by atoms with Crippen LogP contribution in [0.5, 0.6) is 28.7 Å². The molecule has 196 valence electrons. The first-order valence-corrected chi connectivity index (χ1v) is 12.6. The summed E-state index contributed by atoms with van der Waals surface area (Å²) in [5, 5.41) is 20.8. The van der Waals surface area contributed by atoms with Crippen LogP contribution in [-0.2, 0) is 12.8 Å². The van der Waals surface area contributed by atoms with Gasteiger partial charge in [-0.1, -0.05) is 23.3 Å². The number of benzene rings is 2. The predicted molar refractivity (Wildman–Crippen MR) is 145 cm³/mol. The highest BCUT2D eigenvalue weighted by molar-refractivity contribution is 6.05. The second kappa shape index (κ2) is 10.0. The van der Waals surface area contributed by atoms with Crippen molar-refractivity contribution in [1.29, 1.82) is 0 Å². The standard InChI is InChI=1S/C31H36O6/c1-17(2)8-10-19-14-20(15-24(33)27(19)34)25-16-23(32)26-29(35-7)21(11-9-18(3)4)28-22(30(26)36-25)12-13-31(5,6)37-28/h8-9,12-15,25,33-34H,10-11,16H2,1-7H3/t25-/m0/s1. The summed E-state index contributed by atoms with van der Waals surface area (Å²) in [6.07, 6.45) is 8.41. The van der Waals surface area contributed by atoms with Gasteiger partial charge in [0.25, 0.3) is 0 Å². The topological polar surface area (TPSA) is 85.2 Å². The molecule has 2 aliphatic rings. The van der Waals surface area contributed by atoms with Crippen molar-refractivity contribution in [2.24, 2.45) is 0 Å². The minimum atomic E-state index is -0.641. The molecule has 0 saturated carbocycles. The Labute approximate surface area is 218 Å². The average Bonchev–Trinajstić information content (AvgIpc) is 2.82. The van der Waals surface area contributed by atoms with E-state index in [0.29, 0.717) is 52.3 Å². The monoisotopic (exact) mass is 504 g/mol. The van der Waals surface area contributed by atoms with Gasteiger partial charge in [0.2, 0.25) is 0 Å². The number of aromatic hydroxyl groups is 2. The quantitative estimate of drug-likeness (QED) is 0.325. The third-order valence-electron chi connectivity index (χ3n) is 6.63. The molecule has 4 rings (SSSR count). The molecule has 2 aliphatic heterocycles. The first-order valence-electron chi connectivity index (χ1n) is 12.6. The summed E-state index contributed by atoms with van der Waals surface area (Å²) in [5.74, 6) is 1.02. The maximum absolute atomic E-state index is 13.6. The Bertz CT molecular complexity index is 1330. The second-order valence-electron chi connectivity index (χ2n) is 10.8. The van der Waals surface area contributed by atoms with Crippen molar-refractivity contribution in [3.8, 4) is 28.7 Å². The molecule has 0 aliphatic carbocycles. The number of Topliss-reactive ketones (excluding diaryl/α,β-unsaturated/α-hetero) is 1. The molecule has 0 saturated heterocycles. The number of carbonyl (C=O) groups excluding carboxylic acids is 1. The van der Waals surface area contributed by atoms with Crippen LogP contribution in [0.2, 0.25) is 0 Å². The molecule has 0 amide bonds. The maximum Gasteiger partial charge on any atom is 0.174 e. The van der Waals surface area contributed by atoms with E-state index in [-0.39, 0.29) is 23.7 Å². The Kier molecular flexibility index (Phi) is 7.13. The highest BCUT2D eigenvalue weighted by atomic mass is 16.5. The molecule has 2 aromatic carbocycles. The highest BCUT2D eigenvalue weighted by Gasteiger charge is 2.38. The van der Waals surface area contributed by atoms with Gasteiger partial charge in [-0.2, -0.15) is 0 Å². The van der Waals surface area contributed by atoms with Crippen molar-refractivity contribution < 1.29 is 29.2 Å². The van der Waals surface area contributed by atoms with Crippen LogP contribution in [0.25, 0.3) is 6.08 Å². The molecular formula is C31H36O6. The molecule has 0 spiro atoms. The second-order valence-corrected chi connectivity index (χ2v) is 10.8. The summed E-state index contributed by atoms with van der Waals surface area (Å²) in [5.41, 5.74) is 4.84. The fraction of sp³-hybridized carbons (Fsp3) is 0.387. The SMILES string of the molecule is COc1c(CC=C(C)C)c2c(c3c1C(=O)C[C@@H](c1cc(O)c(O)c(CC=C(C)C)c1)O3)C=CC(C)(C)O2. The maximum atomic E-state index is 13.6. The Balaban J connectivity index is 1.87. The minimum Gasteiger partial charge on any atom is -0.504 e. The zero-order valence-electron chi connectivity index (χ0n) is 22.7. The van der Waals surface area contributed by atoms with Gasteiger partial charge < -0.3 is 24.4 Å². The van der Waals surface area contributed by atoms with Gasteiger partial charge >= 0.3 is 0 Å². The molecule has 6 nitrogen and oxygen atoms in total. The molecule has 0 fully saturated rings. The number of phenolic OH excluding ortho intramolecular Hbond substituents is 2. The van der Waals surface area contributed by atoms with Crippen molar-refractivity contribution in [2.75, 3.05) is 7.11 Å². The Morgan fingerprint density at radius 1 is 1.08 bits per heavy atom. The van der Waals surface area contributed by atoms with Crippen LogP contribution in [0, 0.1) is 0 Å². The van der Waals surface area contributed by atoms with Crippen LogP contribution in [0.1, 0.15) is 86.7 Å². The van der Waals surface area contributed by atoms with Gasteiger partial charge in [-0.05, 0) is 84.2 Å². The van der Waals surface area contributed by atoms with Crippen LogP contribution in [0.4, 0.5) is 0 Å².